The summed E-state index contributed by atoms with van der Waals surface area (Å²) in [4.78, 5) is 27.4. The van der Waals surface area contributed by atoms with Gasteiger partial charge in [-0.2, -0.15) is 0 Å². The van der Waals surface area contributed by atoms with E-state index in [1.807, 2.05) is 30.5 Å². The molecule has 2 saturated heterocycles. The summed E-state index contributed by atoms with van der Waals surface area (Å²) in [6.07, 6.45) is 7.72. The number of halogens is 2. The highest BCUT2D eigenvalue weighted by molar-refractivity contribution is 5.97. The van der Waals surface area contributed by atoms with Crippen molar-refractivity contribution in [2.45, 2.75) is 71.0 Å². The maximum absolute atomic E-state index is 15.7. The number of nitrogens with one attached hydrogen (secondary N) is 1. The van der Waals surface area contributed by atoms with Crippen molar-refractivity contribution in [2.24, 2.45) is 5.41 Å². The molecule has 2 aliphatic heterocycles. The molecule has 1 N–H and O–H groups in total. The van der Waals surface area contributed by atoms with Crippen LogP contribution in [0.2, 0.25) is 0 Å². The van der Waals surface area contributed by atoms with Crippen molar-refractivity contribution in [1.29, 1.82) is 0 Å². The Hall–Kier alpha value is -4.60. The number of hydrogen-bond acceptors (Lipinski definition) is 6. The normalized spacial score (nSPS) is 19.7. The lowest BCUT2D eigenvalue weighted by molar-refractivity contribution is -0.0628. The minimum atomic E-state index is -0.399. The van der Waals surface area contributed by atoms with Crippen molar-refractivity contribution in [3.63, 3.8) is 0 Å². The summed E-state index contributed by atoms with van der Waals surface area (Å²) in [7, 11) is 0. The van der Waals surface area contributed by atoms with Gasteiger partial charge in [-0.05, 0) is 91.0 Å². The van der Waals surface area contributed by atoms with Crippen LogP contribution in [0.25, 0.3) is 11.0 Å². The number of Topliss-reactive ketones (excluding diaryl/α,β-unsaturated/α-hetero) is 1. The summed E-state index contributed by atoms with van der Waals surface area (Å²) in [5.41, 5.74) is 5.66. The third kappa shape index (κ3) is 6.84. The minimum absolute atomic E-state index is 0.198. The van der Waals surface area contributed by atoms with Crippen LogP contribution in [0.4, 0.5) is 14.5 Å². The van der Waals surface area contributed by atoms with Gasteiger partial charge in [0.05, 0.1) is 17.4 Å². The third-order valence-corrected chi connectivity index (χ3v) is 11.8. The molecule has 1 aliphatic carbocycles. The van der Waals surface area contributed by atoms with Crippen LogP contribution in [0.3, 0.4) is 0 Å². The lowest BCUT2D eigenvalue weighted by Gasteiger charge is -2.58. The zero-order valence-corrected chi connectivity index (χ0v) is 30.2. The second-order valence-corrected chi connectivity index (χ2v) is 15.5. The third-order valence-electron chi connectivity index (χ3n) is 11.8. The van der Waals surface area contributed by atoms with Crippen LogP contribution >= 0.6 is 0 Å². The zero-order valence-electron chi connectivity index (χ0n) is 30.2. The number of ether oxygens (including phenoxy) is 1. The van der Waals surface area contributed by atoms with Crippen LogP contribution in [0, 0.1) is 17.0 Å². The van der Waals surface area contributed by atoms with E-state index in [0.717, 1.165) is 81.5 Å². The Balaban J connectivity index is 0.963. The van der Waals surface area contributed by atoms with Gasteiger partial charge >= 0.3 is 0 Å². The molecule has 0 amide bonds. The highest BCUT2D eigenvalue weighted by Gasteiger charge is 2.50. The molecule has 3 fully saturated rings. The molecular weight excluding hydrogens is 657 g/mol. The summed E-state index contributed by atoms with van der Waals surface area (Å²) in [5, 5.41) is 0.895. The Bertz CT molecular complexity index is 2060. The summed E-state index contributed by atoms with van der Waals surface area (Å²) < 4.78 is 35.5. The van der Waals surface area contributed by atoms with Gasteiger partial charge in [-0.15, -0.1) is 0 Å². The maximum atomic E-state index is 15.7. The average Bonchev–Trinajstić information content (AvgIpc) is 3.60. The molecule has 9 heteroatoms. The Kier molecular flexibility index (Phi) is 9.34. The molecule has 52 heavy (non-hydrogen) atoms. The number of piperidine rings is 1. The highest BCUT2D eigenvalue weighted by atomic mass is 19.1. The number of aromatic amines is 1. The molecular formula is C43H47F2N5O2. The SMILES string of the molecule is CC(=O)c1cc(F)c(N2CCC3(CC2)CC(N2CCN(Cc4ccc(F)cc4)C[C@H]2c2ccccc2C(C)C)C3)cc1Oc1cnc2[nH]ccc2c1. The Labute approximate surface area is 304 Å². The Morgan fingerprint density at radius 2 is 1.75 bits per heavy atom. The van der Waals surface area contributed by atoms with Gasteiger partial charge in [-0.1, -0.05) is 50.2 Å². The standard InChI is InChI=1S/C43H47F2N5O2/c1-28(2)35-6-4-5-7-36(35)40-27-48(26-30-8-10-32(44)11-9-30)18-19-50(40)33-23-43(24-33)13-16-49(17-14-43)39-22-41(37(29(3)51)21-38(39)45)52-34-20-31-12-15-46-42(31)47-25-34/h4-12,15,20-22,25,28,33,40H,13-14,16-19,23-24,26-27H2,1-3H3,(H,46,47)/t40-/m0/s1. The molecule has 2 aromatic heterocycles. The number of fused-ring (bicyclic) bond motifs is 1. The number of carbonyl (C=O) groups excluding carboxylic acids is 1. The zero-order chi connectivity index (χ0) is 36.0. The fourth-order valence-electron chi connectivity index (χ4n) is 8.95. The van der Waals surface area contributed by atoms with Crippen molar-refractivity contribution < 1.29 is 18.3 Å². The molecule has 7 nitrogen and oxygen atoms in total. The number of nitrogens with zero attached hydrogens (tertiary/aromatic N) is 4. The van der Waals surface area contributed by atoms with E-state index in [1.54, 1.807) is 24.4 Å². The topological polar surface area (TPSA) is 64.7 Å². The predicted molar refractivity (Wildman–Crippen MR) is 201 cm³/mol. The molecule has 4 heterocycles. The molecule has 5 aromatic rings. The number of rotatable bonds is 9. The summed E-state index contributed by atoms with van der Waals surface area (Å²) >= 11 is 0. The molecule has 1 atom stereocenters. The monoisotopic (exact) mass is 703 g/mol. The molecule has 0 unspecified atom stereocenters. The summed E-state index contributed by atoms with van der Waals surface area (Å²) in [6, 6.07) is 23.4. The first kappa shape index (κ1) is 34.5. The van der Waals surface area contributed by atoms with E-state index in [4.69, 9.17) is 4.74 Å². The van der Waals surface area contributed by atoms with Crippen molar-refractivity contribution in [3.05, 3.63) is 119 Å². The molecule has 0 radical (unpaired) electrons. The van der Waals surface area contributed by atoms with Crippen LogP contribution in [0.1, 0.15) is 85.5 Å². The van der Waals surface area contributed by atoms with E-state index in [9.17, 15) is 9.18 Å². The van der Waals surface area contributed by atoms with Crippen molar-refractivity contribution in [3.8, 4) is 11.5 Å². The van der Waals surface area contributed by atoms with Crippen molar-refractivity contribution >= 4 is 22.5 Å². The van der Waals surface area contributed by atoms with E-state index in [2.05, 4.69) is 62.8 Å². The van der Waals surface area contributed by atoms with Gasteiger partial charge < -0.3 is 14.6 Å². The minimum Gasteiger partial charge on any atom is -0.455 e. The molecule has 3 aromatic carbocycles. The van der Waals surface area contributed by atoms with Gasteiger partial charge in [0.2, 0.25) is 0 Å². The second kappa shape index (κ2) is 14.1. The quantitative estimate of drug-likeness (QED) is 0.155. The lowest BCUT2D eigenvalue weighted by atomic mass is 9.59. The van der Waals surface area contributed by atoms with Gasteiger partial charge in [0.15, 0.2) is 5.78 Å². The van der Waals surface area contributed by atoms with Gasteiger partial charge in [0.25, 0.3) is 0 Å². The van der Waals surface area contributed by atoms with Crippen LogP contribution in [-0.4, -0.2) is 64.3 Å². The van der Waals surface area contributed by atoms with E-state index in [0.29, 0.717) is 29.1 Å². The van der Waals surface area contributed by atoms with Crippen LogP contribution in [0.15, 0.2) is 85.2 Å². The largest absolute Gasteiger partial charge is 0.455 e. The van der Waals surface area contributed by atoms with Crippen molar-refractivity contribution in [2.75, 3.05) is 37.6 Å². The van der Waals surface area contributed by atoms with Gasteiger partial charge in [-0.3, -0.25) is 14.6 Å². The van der Waals surface area contributed by atoms with Gasteiger partial charge in [-0.25, -0.2) is 13.8 Å². The number of aromatic nitrogens is 2. The summed E-state index contributed by atoms with van der Waals surface area (Å²) in [6.45, 7) is 11.2. The highest BCUT2D eigenvalue weighted by Crippen LogP contribution is 2.53. The molecule has 0 bridgehead atoms. The van der Waals surface area contributed by atoms with Crippen LogP contribution < -0.4 is 9.64 Å². The number of H-pyrrole nitrogens is 1. The maximum Gasteiger partial charge on any atom is 0.163 e. The van der Waals surface area contributed by atoms with E-state index in [-0.39, 0.29) is 28.6 Å². The number of ketones is 1. The molecule has 8 rings (SSSR count). The average molecular weight is 704 g/mol. The smallest absolute Gasteiger partial charge is 0.163 e. The fraction of sp³-hybridized carbons (Fsp3) is 0.395. The first-order valence-corrected chi connectivity index (χ1v) is 18.7. The number of benzene rings is 3. The predicted octanol–water partition coefficient (Wildman–Crippen LogP) is 9.27. The lowest BCUT2D eigenvalue weighted by Crippen LogP contribution is -2.60. The number of carbonyl (C=O) groups is 1. The number of pyridine rings is 1. The first-order chi connectivity index (χ1) is 25.1. The second-order valence-electron chi connectivity index (χ2n) is 15.5. The van der Waals surface area contributed by atoms with Gasteiger partial charge in [0, 0.05) is 69.0 Å². The molecule has 1 saturated carbocycles. The summed E-state index contributed by atoms with van der Waals surface area (Å²) in [5.74, 6) is 0.421. The van der Waals surface area contributed by atoms with E-state index in [1.165, 1.54) is 24.1 Å². The van der Waals surface area contributed by atoms with Crippen LogP contribution in [0.5, 0.6) is 11.5 Å². The molecule has 3 aliphatic rings. The fourth-order valence-corrected chi connectivity index (χ4v) is 8.95. The Morgan fingerprint density at radius 1 is 0.981 bits per heavy atom. The van der Waals surface area contributed by atoms with Gasteiger partial charge in [0.1, 0.15) is 28.8 Å². The number of hydrogen-bond donors (Lipinski definition) is 1. The first-order valence-electron chi connectivity index (χ1n) is 18.7. The van der Waals surface area contributed by atoms with Crippen LogP contribution in [-0.2, 0) is 6.54 Å². The van der Waals surface area contributed by atoms with Crippen molar-refractivity contribution in [1.82, 2.24) is 19.8 Å². The number of piperazine rings is 1. The molecule has 1 spiro atoms. The number of anilines is 1. The molecule has 270 valence electrons. The Morgan fingerprint density at radius 3 is 2.50 bits per heavy atom. The van der Waals surface area contributed by atoms with E-state index < -0.39 is 5.82 Å². The van der Waals surface area contributed by atoms with E-state index >= 15 is 4.39 Å².